The highest BCUT2D eigenvalue weighted by Gasteiger charge is 2.18. The number of rotatable bonds is 61. The van der Waals surface area contributed by atoms with E-state index in [0.29, 0.717) is 26.1 Å². The molecule has 0 saturated carbocycles. The summed E-state index contributed by atoms with van der Waals surface area (Å²) in [6.45, 7) is 7.92. The third kappa shape index (κ3) is 59.2. The highest BCUT2D eigenvalue weighted by atomic mass is 16.6. The molecular formula is C65H126O5. The van der Waals surface area contributed by atoms with Crippen LogP contribution < -0.4 is 0 Å². The summed E-state index contributed by atoms with van der Waals surface area (Å²) in [5, 5.41) is 0. The molecule has 0 saturated heterocycles. The maximum Gasteiger partial charge on any atom is 0.306 e. The average molecular weight is 988 g/mol. The first-order valence-electron chi connectivity index (χ1n) is 32.2. The van der Waals surface area contributed by atoms with Crippen LogP contribution in [-0.4, -0.2) is 37.9 Å². The summed E-state index contributed by atoms with van der Waals surface area (Å²) >= 11 is 0. The Bertz CT molecular complexity index is 1030. The van der Waals surface area contributed by atoms with Gasteiger partial charge in [-0.15, -0.1) is 0 Å². The van der Waals surface area contributed by atoms with E-state index in [2.05, 4.69) is 32.9 Å². The molecule has 0 heterocycles. The number of esters is 2. The van der Waals surface area contributed by atoms with Crippen LogP contribution in [0.4, 0.5) is 0 Å². The molecule has 0 radical (unpaired) electrons. The van der Waals surface area contributed by atoms with Crippen molar-refractivity contribution in [2.24, 2.45) is 0 Å². The summed E-state index contributed by atoms with van der Waals surface area (Å²) < 4.78 is 17.6. The lowest BCUT2D eigenvalue weighted by Gasteiger charge is -2.18. The highest BCUT2D eigenvalue weighted by molar-refractivity contribution is 5.70. The molecule has 0 aliphatic rings. The van der Waals surface area contributed by atoms with Crippen molar-refractivity contribution in [2.45, 2.75) is 374 Å². The minimum Gasteiger partial charge on any atom is -0.462 e. The van der Waals surface area contributed by atoms with Crippen molar-refractivity contribution in [1.82, 2.24) is 0 Å². The van der Waals surface area contributed by atoms with Gasteiger partial charge in [0, 0.05) is 19.4 Å². The number of carbonyl (C=O) groups excluding carboxylic acids is 2. The predicted molar refractivity (Wildman–Crippen MR) is 307 cm³/mol. The number of unbranched alkanes of at least 4 members (excludes halogenated alkanes) is 48. The molecule has 0 aromatic carbocycles. The Morgan fingerprint density at radius 3 is 0.871 bits per heavy atom. The second-order valence-corrected chi connectivity index (χ2v) is 22.0. The van der Waals surface area contributed by atoms with Gasteiger partial charge in [-0.2, -0.15) is 0 Å². The van der Waals surface area contributed by atoms with Crippen molar-refractivity contribution in [3.8, 4) is 0 Å². The molecule has 0 amide bonds. The SMILES string of the molecule is CCCCCCCC/C=C\CCCCCCCCCC(=O)OC[C@@H](COCCCCCCCCCCCCCCCCCC)OC(=O)CCCCCCCCCCCCCCCCCCCCCCC. The van der Waals surface area contributed by atoms with Gasteiger partial charge in [-0.05, 0) is 44.9 Å². The van der Waals surface area contributed by atoms with Gasteiger partial charge in [0.15, 0.2) is 6.10 Å². The Labute approximate surface area is 439 Å². The Morgan fingerprint density at radius 2 is 0.557 bits per heavy atom. The molecule has 0 spiro atoms. The molecule has 1 atom stereocenters. The van der Waals surface area contributed by atoms with Crippen molar-refractivity contribution in [3.63, 3.8) is 0 Å². The second kappa shape index (κ2) is 61.9. The molecule has 0 N–H and O–H groups in total. The van der Waals surface area contributed by atoms with E-state index < -0.39 is 6.10 Å². The van der Waals surface area contributed by atoms with Gasteiger partial charge in [0.1, 0.15) is 6.61 Å². The largest absolute Gasteiger partial charge is 0.462 e. The third-order valence-corrected chi connectivity index (χ3v) is 14.8. The van der Waals surface area contributed by atoms with E-state index in [9.17, 15) is 9.59 Å². The molecule has 5 nitrogen and oxygen atoms in total. The predicted octanol–water partition coefficient (Wildman–Crippen LogP) is 22.1. The van der Waals surface area contributed by atoms with E-state index in [1.54, 1.807) is 0 Å². The summed E-state index contributed by atoms with van der Waals surface area (Å²) in [6.07, 6.45) is 73.9. The van der Waals surface area contributed by atoms with Gasteiger partial charge in [-0.25, -0.2) is 0 Å². The number of hydrogen-bond donors (Lipinski definition) is 0. The van der Waals surface area contributed by atoms with Crippen LogP contribution in [0.15, 0.2) is 12.2 Å². The maximum atomic E-state index is 12.9. The zero-order valence-electron chi connectivity index (χ0n) is 48.1. The van der Waals surface area contributed by atoms with Crippen LogP contribution in [0.25, 0.3) is 0 Å². The van der Waals surface area contributed by atoms with Gasteiger partial charge >= 0.3 is 11.9 Å². The summed E-state index contributed by atoms with van der Waals surface area (Å²) in [5.74, 6) is -0.370. The monoisotopic (exact) mass is 987 g/mol. The van der Waals surface area contributed by atoms with Gasteiger partial charge in [-0.3, -0.25) is 9.59 Å². The van der Waals surface area contributed by atoms with E-state index in [0.717, 1.165) is 32.1 Å². The average Bonchev–Trinajstić information content (AvgIpc) is 3.36. The topological polar surface area (TPSA) is 61.8 Å². The molecule has 70 heavy (non-hydrogen) atoms. The van der Waals surface area contributed by atoms with E-state index in [1.165, 1.54) is 302 Å². The fraction of sp³-hybridized carbons (Fsp3) is 0.938. The van der Waals surface area contributed by atoms with Crippen LogP contribution in [0.2, 0.25) is 0 Å². The number of carbonyl (C=O) groups is 2. The van der Waals surface area contributed by atoms with Crippen molar-refractivity contribution in [3.05, 3.63) is 12.2 Å². The first-order chi connectivity index (χ1) is 34.6. The Morgan fingerprint density at radius 1 is 0.300 bits per heavy atom. The molecule has 0 bridgehead atoms. The molecular weight excluding hydrogens is 861 g/mol. The molecule has 0 aliphatic heterocycles. The Hall–Kier alpha value is -1.36. The van der Waals surface area contributed by atoms with E-state index in [-0.39, 0.29) is 18.5 Å². The summed E-state index contributed by atoms with van der Waals surface area (Å²) in [5.41, 5.74) is 0. The van der Waals surface area contributed by atoms with Crippen LogP contribution >= 0.6 is 0 Å². The van der Waals surface area contributed by atoms with Gasteiger partial charge in [0.05, 0.1) is 6.61 Å². The van der Waals surface area contributed by atoms with E-state index in [1.807, 2.05) is 0 Å². The fourth-order valence-corrected chi connectivity index (χ4v) is 9.98. The first-order valence-corrected chi connectivity index (χ1v) is 32.2. The highest BCUT2D eigenvalue weighted by Crippen LogP contribution is 2.18. The lowest BCUT2D eigenvalue weighted by molar-refractivity contribution is -0.163. The minimum absolute atomic E-state index is 0.0935. The van der Waals surface area contributed by atoms with Crippen molar-refractivity contribution in [2.75, 3.05) is 19.8 Å². The third-order valence-electron chi connectivity index (χ3n) is 14.8. The standard InChI is InChI=1S/C65H126O5/c1-4-7-10-13-16-19-22-25-28-31-32-33-34-36-38-41-44-47-50-53-56-59-65(67)70-63(61-68-60-57-54-51-48-45-42-39-30-27-24-21-18-15-12-9-6-3)62-69-64(66)58-55-52-49-46-43-40-37-35-29-26-23-20-17-14-11-8-5-2/h26,29,63H,4-25,27-28,30-62H2,1-3H3/b29-26-/t63-/m1/s1. The molecule has 0 aromatic heterocycles. The fourth-order valence-electron chi connectivity index (χ4n) is 9.98. The Kier molecular flexibility index (Phi) is 60.7. The zero-order chi connectivity index (χ0) is 50.6. The van der Waals surface area contributed by atoms with Crippen molar-refractivity contribution in [1.29, 1.82) is 0 Å². The van der Waals surface area contributed by atoms with E-state index in [4.69, 9.17) is 14.2 Å². The van der Waals surface area contributed by atoms with Crippen LogP contribution in [0, 0.1) is 0 Å². The van der Waals surface area contributed by atoms with Gasteiger partial charge in [-0.1, -0.05) is 322 Å². The molecule has 0 aromatic rings. The molecule has 416 valence electrons. The molecule has 5 heteroatoms. The van der Waals surface area contributed by atoms with E-state index >= 15 is 0 Å². The van der Waals surface area contributed by atoms with Crippen molar-refractivity contribution >= 4 is 11.9 Å². The minimum atomic E-state index is -0.530. The summed E-state index contributed by atoms with van der Waals surface area (Å²) in [6, 6.07) is 0. The smallest absolute Gasteiger partial charge is 0.306 e. The lowest BCUT2D eigenvalue weighted by atomic mass is 10.0. The van der Waals surface area contributed by atoms with Crippen molar-refractivity contribution < 1.29 is 23.8 Å². The van der Waals surface area contributed by atoms with Crippen LogP contribution in [-0.2, 0) is 23.8 Å². The Balaban J connectivity index is 4.19. The van der Waals surface area contributed by atoms with Crippen LogP contribution in [0.5, 0.6) is 0 Å². The zero-order valence-corrected chi connectivity index (χ0v) is 48.1. The van der Waals surface area contributed by atoms with Crippen LogP contribution in [0.1, 0.15) is 367 Å². The molecule has 0 rings (SSSR count). The van der Waals surface area contributed by atoms with Gasteiger partial charge in [0.2, 0.25) is 0 Å². The molecule has 0 fully saturated rings. The quantitative estimate of drug-likeness (QED) is 0.0345. The lowest BCUT2D eigenvalue weighted by Crippen LogP contribution is -2.30. The molecule has 0 aliphatic carbocycles. The number of hydrogen-bond acceptors (Lipinski definition) is 5. The number of ether oxygens (including phenoxy) is 3. The van der Waals surface area contributed by atoms with Gasteiger partial charge < -0.3 is 14.2 Å². The maximum absolute atomic E-state index is 12.9. The second-order valence-electron chi connectivity index (χ2n) is 22.0. The first kappa shape index (κ1) is 68.6. The number of allylic oxidation sites excluding steroid dienone is 2. The molecule has 0 unspecified atom stereocenters. The summed E-state index contributed by atoms with van der Waals surface area (Å²) in [7, 11) is 0. The summed E-state index contributed by atoms with van der Waals surface area (Å²) in [4.78, 5) is 25.6. The van der Waals surface area contributed by atoms with Crippen LogP contribution in [0.3, 0.4) is 0 Å². The normalized spacial score (nSPS) is 12.1. The van der Waals surface area contributed by atoms with Gasteiger partial charge in [0.25, 0.3) is 0 Å².